The van der Waals surface area contributed by atoms with Crippen LogP contribution in [0.25, 0.3) is 5.65 Å². The van der Waals surface area contributed by atoms with Crippen LogP contribution in [0.1, 0.15) is 38.6 Å². The number of benzene rings is 1. The molecule has 2 heterocycles. The van der Waals surface area contributed by atoms with Gasteiger partial charge in [0.1, 0.15) is 5.56 Å². The number of aromatic nitrogens is 3. The molecular formula is C18H18F3N5O. The highest BCUT2D eigenvalue weighted by Gasteiger charge is 2.31. The molecule has 1 amide bonds. The fourth-order valence-corrected chi connectivity index (χ4v) is 2.93. The van der Waals surface area contributed by atoms with Crippen LogP contribution < -0.4 is 11.1 Å². The van der Waals surface area contributed by atoms with E-state index in [1.165, 1.54) is 10.6 Å². The maximum absolute atomic E-state index is 13.1. The van der Waals surface area contributed by atoms with Crippen molar-refractivity contribution in [3.8, 4) is 0 Å². The van der Waals surface area contributed by atoms with Crippen molar-refractivity contribution in [3.05, 3.63) is 58.0 Å². The Morgan fingerprint density at radius 1 is 1.19 bits per heavy atom. The molecular weight excluding hydrogens is 359 g/mol. The maximum atomic E-state index is 13.1. The minimum absolute atomic E-state index is 0.0124. The van der Waals surface area contributed by atoms with Gasteiger partial charge in [0, 0.05) is 23.6 Å². The average Bonchev–Trinajstić information content (AvgIpc) is 2.90. The number of nitrogens with zero attached hydrogens (tertiary/aromatic N) is 3. The first kappa shape index (κ1) is 18.8. The predicted molar refractivity (Wildman–Crippen MR) is 94.5 cm³/mol. The predicted octanol–water partition coefficient (Wildman–Crippen LogP) is 3.38. The quantitative estimate of drug-likeness (QED) is 0.733. The van der Waals surface area contributed by atoms with E-state index in [0.717, 1.165) is 17.8 Å². The van der Waals surface area contributed by atoms with Crippen LogP contribution in [0.2, 0.25) is 0 Å². The lowest BCUT2D eigenvalue weighted by Crippen LogP contribution is -2.15. The van der Waals surface area contributed by atoms with E-state index in [2.05, 4.69) is 15.4 Å². The van der Waals surface area contributed by atoms with Crippen molar-refractivity contribution in [3.63, 3.8) is 0 Å². The molecule has 27 heavy (non-hydrogen) atoms. The van der Waals surface area contributed by atoms with Gasteiger partial charge in [0.15, 0.2) is 5.65 Å². The Kier molecular flexibility index (Phi) is 4.64. The van der Waals surface area contributed by atoms with E-state index in [1.807, 2.05) is 13.0 Å². The lowest BCUT2D eigenvalue weighted by atomic mass is 10.1. The van der Waals surface area contributed by atoms with E-state index >= 15 is 0 Å². The van der Waals surface area contributed by atoms with E-state index in [1.54, 1.807) is 13.8 Å². The Balaban J connectivity index is 2.04. The SMILES string of the molecule is Cc1cc(C)n2nc(C)c(C(=O)Nc3cc(CN)cc(C(F)(F)F)c3)c2n1. The number of amides is 1. The second-order valence-electron chi connectivity index (χ2n) is 6.31. The topological polar surface area (TPSA) is 85.3 Å². The molecule has 3 N–H and O–H groups in total. The summed E-state index contributed by atoms with van der Waals surface area (Å²) in [5, 5.41) is 6.82. The molecule has 0 spiro atoms. The minimum atomic E-state index is -4.54. The van der Waals surface area contributed by atoms with E-state index in [-0.39, 0.29) is 23.4 Å². The van der Waals surface area contributed by atoms with Crippen molar-refractivity contribution < 1.29 is 18.0 Å². The van der Waals surface area contributed by atoms with Crippen LogP contribution in [0.5, 0.6) is 0 Å². The second kappa shape index (κ2) is 6.66. The molecule has 0 bridgehead atoms. The number of alkyl halides is 3. The standard InChI is InChI=1S/C18H18F3N5O/c1-9-4-10(2)26-16(23-9)15(11(3)25-26)17(27)24-14-6-12(8-22)5-13(7-14)18(19,20)21/h4-7H,8,22H2,1-3H3,(H,24,27). The van der Waals surface area contributed by atoms with Gasteiger partial charge in [-0.2, -0.15) is 18.3 Å². The minimum Gasteiger partial charge on any atom is -0.326 e. The lowest BCUT2D eigenvalue weighted by Gasteiger charge is -2.12. The largest absolute Gasteiger partial charge is 0.416 e. The number of rotatable bonds is 3. The number of carbonyl (C=O) groups is 1. The zero-order valence-corrected chi connectivity index (χ0v) is 15.0. The van der Waals surface area contributed by atoms with Gasteiger partial charge in [-0.05, 0) is 50.6 Å². The molecule has 6 nitrogen and oxygen atoms in total. The highest BCUT2D eigenvalue weighted by molar-refractivity contribution is 6.09. The molecule has 2 aromatic heterocycles. The number of fused-ring (bicyclic) bond motifs is 1. The van der Waals surface area contributed by atoms with Crippen LogP contribution in [0, 0.1) is 20.8 Å². The van der Waals surface area contributed by atoms with Crippen LogP contribution in [0.4, 0.5) is 18.9 Å². The van der Waals surface area contributed by atoms with Crippen molar-refractivity contribution >= 4 is 17.2 Å². The highest BCUT2D eigenvalue weighted by atomic mass is 19.4. The maximum Gasteiger partial charge on any atom is 0.416 e. The van der Waals surface area contributed by atoms with Gasteiger partial charge < -0.3 is 11.1 Å². The molecule has 0 saturated heterocycles. The average molecular weight is 377 g/mol. The summed E-state index contributed by atoms with van der Waals surface area (Å²) in [4.78, 5) is 17.1. The molecule has 0 aliphatic heterocycles. The van der Waals surface area contributed by atoms with E-state index in [4.69, 9.17) is 5.73 Å². The zero-order chi connectivity index (χ0) is 19.9. The zero-order valence-electron chi connectivity index (χ0n) is 15.0. The summed E-state index contributed by atoms with van der Waals surface area (Å²) in [6.07, 6.45) is -4.54. The highest BCUT2D eigenvalue weighted by Crippen LogP contribution is 2.32. The molecule has 142 valence electrons. The number of carbonyl (C=O) groups excluding carboxylic acids is 1. The smallest absolute Gasteiger partial charge is 0.326 e. The molecule has 3 rings (SSSR count). The third kappa shape index (κ3) is 3.63. The Morgan fingerprint density at radius 2 is 1.89 bits per heavy atom. The molecule has 0 atom stereocenters. The first-order chi connectivity index (χ1) is 12.6. The van der Waals surface area contributed by atoms with E-state index in [0.29, 0.717) is 17.0 Å². The number of nitrogens with two attached hydrogens (primary N) is 1. The summed E-state index contributed by atoms with van der Waals surface area (Å²) >= 11 is 0. The molecule has 0 radical (unpaired) electrons. The molecule has 0 fully saturated rings. The Morgan fingerprint density at radius 3 is 2.52 bits per heavy atom. The fourth-order valence-electron chi connectivity index (χ4n) is 2.93. The van der Waals surface area contributed by atoms with Gasteiger partial charge in [-0.25, -0.2) is 9.50 Å². The number of nitrogens with one attached hydrogen (secondary N) is 1. The number of aryl methyl sites for hydroxylation is 3. The van der Waals surface area contributed by atoms with Crippen LogP contribution >= 0.6 is 0 Å². The van der Waals surface area contributed by atoms with Gasteiger partial charge in [-0.15, -0.1) is 0 Å². The third-order valence-electron chi connectivity index (χ3n) is 4.11. The molecule has 1 aromatic carbocycles. The van der Waals surface area contributed by atoms with Gasteiger partial charge in [-0.1, -0.05) is 0 Å². The van der Waals surface area contributed by atoms with Crippen LogP contribution in [-0.2, 0) is 12.7 Å². The first-order valence-electron chi connectivity index (χ1n) is 8.16. The van der Waals surface area contributed by atoms with Gasteiger partial charge >= 0.3 is 6.18 Å². The fraction of sp³-hybridized carbons (Fsp3) is 0.278. The summed E-state index contributed by atoms with van der Waals surface area (Å²) in [5.41, 5.74) is 7.39. The third-order valence-corrected chi connectivity index (χ3v) is 4.11. The Labute approximate surface area is 153 Å². The Bertz CT molecular complexity index is 1040. The number of anilines is 1. The van der Waals surface area contributed by atoms with Crippen molar-refractivity contribution in [2.24, 2.45) is 5.73 Å². The van der Waals surface area contributed by atoms with Crippen molar-refractivity contribution in [2.45, 2.75) is 33.5 Å². The molecule has 0 aliphatic carbocycles. The van der Waals surface area contributed by atoms with Crippen molar-refractivity contribution in [1.29, 1.82) is 0 Å². The molecule has 9 heteroatoms. The van der Waals surface area contributed by atoms with Gasteiger partial charge in [0.2, 0.25) is 0 Å². The molecule has 0 saturated carbocycles. The second-order valence-corrected chi connectivity index (χ2v) is 6.31. The van der Waals surface area contributed by atoms with E-state index < -0.39 is 17.6 Å². The Hall–Kier alpha value is -2.94. The summed E-state index contributed by atoms with van der Waals surface area (Å²) in [7, 11) is 0. The lowest BCUT2D eigenvalue weighted by molar-refractivity contribution is -0.137. The molecule has 3 aromatic rings. The first-order valence-corrected chi connectivity index (χ1v) is 8.16. The van der Waals surface area contributed by atoms with Gasteiger partial charge in [-0.3, -0.25) is 4.79 Å². The summed E-state index contributed by atoms with van der Waals surface area (Å²) < 4.78 is 40.8. The monoisotopic (exact) mass is 377 g/mol. The van der Waals surface area contributed by atoms with Crippen molar-refractivity contribution in [1.82, 2.24) is 14.6 Å². The summed E-state index contributed by atoms with van der Waals surface area (Å²) in [6.45, 7) is 5.19. The van der Waals surface area contributed by atoms with Crippen LogP contribution in [0.3, 0.4) is 0 Å². The number of hydrogen-bond acceptors (Lipinski definition) is 4. The van der Waals surface area contributed by atoms with Gasteiger partial charge in [0.05, 0.1) is 11.3 Å². The van der Waals surface area contributed by atoms with Crippen LogP contribution in [-0.4, -0.2) is 20.5 Å². The van der Waals surface area contributed by atoms with Crippen LogP contribution in [0.15, 0.2) is 24.3 Å². The molecule has 0 unspecified atom stereocenters. The normalized spacial score (nSPS) is 11.8. The van der Waals surface area contributed by atoms with Crippen molar-refractivity contribution in [2.75, 3.05) is 5.32 Å². The number of hydrogen-bond donors (Lipinski definition) is 2. The number of halogens is 3. The summed E-state index contributed by atoms with van der Waals surface area (Å²) in [6, 6.07) is 5.08. The van der Waals surface area contributed by atoms with E-state index in [9.17, 15) is 18.0 Å². The molecule has 0 aliphatic rings. The van der Waals surface area contributed by atoms with Gasteiger partial charge in [0.25, 0.3) is 5.91 Å². The summed E-state index contributed by atoms with van der Waals surface area (Å²) in [5.74, 6) is -0.581.